The first-order chi connectivity index (χ1) is 13.8. The number of rotatable bonds is 5. The van der Waals surface area contributed by atoms with Gasteiger partial charge in [-0.3, -0.25) is 9.97 Å². The van der Waals surface area contributed by atoms with E-state index >= 15 is 0 Å². The molecule has 28 heavy (non-hydrogen) atoms. The summed E-state index contributed by atoms with van der Waals surface area (Å²) in [4.78, 5) is 17.3. The van der Waals surface area contributed by atoms with Crippen molar-refractivity contribution in [2.75, 3.05) is 13.2 Å². The summed E-state index contributed by atoms with van der Waals surface area (Å²) in [6, 6.07) is 9.63. The summed E-state index contributed by atoms with van der Waals surface area (Å²) in [7, 11) is 0. The standard InChI is InChI=1S/C21H19N5O2/c22-13-16-11-15(1-2-20(16)28-18-4-9-27-10-5-18)19-3-6-25-21(26-19)12-17-14-23-7-8-24-17/h1-3,6-8,11,14,18H,4-5,9-10,12H2. The molecule has 1 aliphatic heterocycles. The number of hydrogen-bond donors (Lipinski definition) is 0. The molecule has 2 aromatic heterocycles. The van der Waals surface area contributed by atoms with E-state index in [9.17, 15) is 5.26 Å². The third-order valence-electron chi connectivity index (χ3n) is 4.52. The van der Waals surface area contributed by atoms with Crippen LogP contribution in [0.5, 0.6) is 5.75 Å². The molecule has 140 valence electrons. The van der Waals surface area contributed by atoms with Crippen LogP contribution >= 0.6 is 0 Å². The second-order valence-corrected chi connectivity index (χ2v) is 6.48. The van der Waals surface area contributed by atoms with Crippen molar-refractivity contribution in [3.63, 3.8) is 0 Å². The van der Waals surface area contributed by atoms with Crippen LogP contribution in [-0.2, 0) is 11.2 Å². The second kappa shape index (κ2) is 8.55. The molecule has 0 unspecified atom stereocenters. The number of ether oxygens (including phenoxy) is 2. The first-order valence-corrected chi connectivity index (χ1v) is 9.17. The molecular weight excluding hydrogens is 354 g/mol. The number of nitrogens with zero attached hydrogens (tertiary/aromatic N) is 5. The predicted molar refractivity (Wildman–Crippen MR) is 101 cm³/mol. The Morgan fingerprint density at radius 2 is 2.00 bits per heavy atom. The minimum Gasteiger partial charge on any atom is -0.489 e. The summed E-state index contributed by atoms with van der Waals surface area (Å²) in [5.41, 5.74) is 2.90. The van der Waals surface area contributed by atoms with Gasteiger partial charge in [0, 0.05) is 43.2 Å². The predicted octanol–water partition coefficient (Wildman–Crippen LogP) is 2.95. The highest BCUT2D eigenvalue weighted by molar-refractivity contribution is 5.64. The number of nitriles is 1. The van der Waals surface area contributed by atoms with E-state index in [-0.39, 0.29) is 6.10 Å². The van der Waals surface area contributed by atoms with Gasteiger partial charge in [0.15, 0.2) is 0 Å². The van der Waals surface area contributed by atoms with E-state index in [2.05, 4.69) is 26.0 Å². The average Bonchev–Trinajstić information content (AvgIpc) is 2.76. The monoisotopic (exact) mass is 373 g/mol. The first-order valence-electron chi connectivity index (χ1n) is 9.17. The quantitative estimate of drug-likeness (QED) is 0.678. The maximum absolute atomic E-state index is 9.57. The molecule has 3 heterocycles. The smallest absolute Gasteiger partial charge is 0.137 e. The van der Waals surface area contributed by atoms with Crippen molar-refractivity contribution in [3.8, 4) is 23.1 Å². The van der Waals surface area contributed by atoms with Gasteiger partial charge in [-0.15, -0.1) is 0 Å². The van der Waals surface area contributed by atoms with Crippen LogP contribution in [0.15, 0.2) is 49.1 Å². The van der Waals surface area contributed by atoms with Gasteiger partial charge in [-0.2, -0.15) is 5.26 Å². The zero-order valence-corrected chi connectivity index (χ0v) is 15.3. The molecule has 3 aromatic rings. The third-order valence-corrected chi connectivity index (χ3v) is 4.52. The zero-order valence-electron chi connectivity index (χ0n) is 15.3. The molecule has 7 nitrogen and oxygen atoms in total. The Labute approximate surface area is 163 Å². The Balaban J connectivity index is 1.55. The molecule has 0 radical (unpaired) electrons. The van der Waals surface area contributed by atoms with Crippen LogP contribution in [0.3, 0.4) is 0 Å². The van der Waals surface area contributed by atoms with Crippen molar-refractivity contribution < 1.29 is 9.47 Å². The molecular formula is C21H19N5O2. The Hall–Kier alpha value is -3.37. The van der Waals surface area contributed by atoms with Crippen molar-refractivity contribution in [2.24, 2.45) is 0 Å². The van der Waals surface area contributed by atoms with Crippen molar-refractivity contribution in [1.82, 2.24) is 19.9 Å². The summed E-state index contributed by atoms with van der Waals surface area (Å²) in [6.45, 7) is 1.39. The molecule has 0 N–H and O–H groups in total. The third kappa shape index (κ3) is 4.30. The van der Waals surface area contributed by atoms with E-state index in [1.165, 1.54) is 0 Å². The van der Waals surface area contributed by atoms with Gasteiger partial charge >= 0.3 is 0 Å². The highest BCUT2D eigenvalue weighted by atomic mass is 16.5. The summed E-state index contributed by atoms with van der Waals surface area (Å²) in [5.74, 6) is 1.26. The fourth-order valence-electron chi connectivity index (χ4n) is 3.08. The van der Waals surface area contributed by atoms with Crippen LogP contribution in [0.25, 0.3) is 11.3 Å². The van der Waals surface area contributed by atoms with Crippen molar-refractivity contribution in [2.45, 2.75) is 25.4 Å². The van der Waals surface area contributed by atoms with Crippen LogP contribution in [-0.4, -0.2) is 39.3 Å². The minimum absolute atomic E-state index is 0.0873. The van der Waals surface area contributed by atoms with Gasteiger partial charge in [-0.05, 0) is 24.3 Å². The molecule has 1 saturated heterocycles. The van der Waals surface area contributed by atoms with E-state index in [1.807, 2.05) is 24.3 Å². The fourth-order valence-corrected chi connectivity index (χ4v) is 3.08. The van der Waals surface area contributed by atoms with E-state index in [0.717, 1.165) is 29.8 Å². The lowest BCUT2D eigenvalue weighted by Crippen LogP contribution is -2.26. The SMILES string of the molecule is N#Cc1cc(-c2ccnc(Cc3cnccn3)n2)ccc1OC1CCOCC1. The summed E-state index contributed by atoms with van der Waals surface area (Å²) < 4.78 is 11.4. The summed E-state index contributed by atoms with van der Waals surface area (Å²) in [5, 5.41) is 9.57. The molecule has 0 atom stereocenters. The van der Waals surface area contributed by atoms with Crippen LogP contribution in [0.1, 0.15) is 29.9 Å². The fraction of sp³-hybridized carbons (Fsp3) is 0.286. The molecule has 1 aliphatic rings. The van der Waals surface area contributed by atoms with E-state index in [0.29, 0.717) is 36.8 Å². The molecule has 7 heteroatoms. The second-order valence-electron chi connectivity index (χ2n) is 6.48. The summed E-state index contributed by atoms with van der Waals surface area (Å²) in [6.07, 6.45) is 8.96. The van der Waals surface area contributed by atoms with Crippen LogP contribution in [0.4, 0.5) is 0 Å². The van der Waals surface area contributed by atoms with Crippen molar-refractivity contribution in [1.29, 1.82) is 5.26 Å². The molecule has 0 bridgehead atoms. The van der Waals surface area contributed by atoms with Crippen molar-refractivity contribution >= 4 is 0 Å². The number of aromatic nitrogens is 4. The summed E-state index contributed by atoms with van der Waals surface area (Å²) >= 11 is 0. The van der Waals surface area contributed by atoms with Crippen molar-refractivity contribution in [3.05, 3.63) is 66.1 Å². The van der Waals surface area contributed by atoms with Gasteiger partial charge in [0.05, 0.1) is 36.6 Å². The van der Waals surface area contributed by atoms with Gasteiger partial charge in [-0.25, -0.2) is 9.97 Å². The first kappa shape index (κ1) is 18.0. The molecule has 1 fully saturated rings. The molecule has 0 spiro atoms. The van der Waals surface area contributed by atoms with Gasteiger partial charge in [0.1, 0.15) is 23.7 Å². The van der Waals surface area contributed by atoms with Gasteiger partial charge in [0.2, 0.25) is 0 Å². The average molecular weight is 373 g/mol. The lowest BCUT2D eigenvalue weighted by atomic mass is 10.1. The van der Waals surface area contributed by atoms with Gasteiger partial charge < -0.3 is 9.47 Å². The highest BCUT2D eigenvalue weighted by Crippen LogP contribution is 2.27. The Morgan fingerprint density at radius 1 is 1.11 bits per heavy atom. The lowest BCUT2D eigenvalue weighted by Gasteiger charge is -2.23. The topological polar surface area (TPSA) is 93.8 Å². The minimum atomic E-state index is 0.0873. The lowest BCUT2D eigenvalue weighted by molar-refractivity contribution is 0.0254. The Kier molecular flexibility index (Phi) is 5.50. The van der Waals surface area contributed by atoms with E-state index < -0.39 is 0 Å². The van der Waals surface area contributed by atoms with E-state index in [1.54, 1.807) is 24.8 Å². The number of hydrogen-bond acceptors (Lipinski definition) is 7. The Morgan fingerprint density at radius 3 is 2.79 bits per heavy atom. The van der Waals surface area contributed by atoms with Gasteiger partial charge in [0.25, 0.3) is 0 Å². The van der Waals surface area contributed by atoms with Crippen LogP contribution < -0.4 is 4.74 Å². The molecule has 0 saturated carbocycles. The van der Waals surface area contributed by atoms with Gasteiger partial charge in [-0.1, -0.05) is 0 Å². The molecule has 1 aromatic carbocycles. The van der Waals surface area contributed by atoms with Crippen LogP contribution in [0.2, 0.25) is 0 Å². The Bertz CT molecular complexity index is 982. The normalized spacial score (nSPS) is 14.4. The van der Waals surface area contributed by atoms with E-state index in [4.69, 9.17) is 9.47 Å². The largest absolute Gasteiger partial charge is 0.489 e. The van der Waals surface area contributed by atoms with Crippen LogP contribution in [0, 0.1) is 11.3 Å². The molecule has 0 amide bonds. The highest BCUT2D eigenvalue weighted by Gasteiger charge is 2.17. The maximum atomic E-state index is 9.57. The maximum Gasteiger partial charge on any atom is 0.137 e. The molecule has 0 aliphatic carbocycles. The number of benzene rings is 1. The molecule has 4 rings (SSSR count). The zero-order chi connectivity index (χ0) is 19.2.